The quantitative estimate of drug-likeness (QED) is 0.615. The maximum absolute atomic E-state index is 12.1. The smallest absolute Gasteiger partial charge is 0.197 e. The second-order valence-electron chi connectivity index (χ2n) is 5.80. The van der Waals surface area contributed by atoms with Gasteiger partial charge in [0.1, 0.15) is 5.75 Å². The minimum absolute atomic E-state index is 0.368. The SMILES string of the molecule is CCC(C)c1ccc(OC(C)OCCS(=O)c2ccccc2)cc1. The van der Waals surface area contributed by atoms with Crippen LogP contribution in [-0.2, 0) is 15.5 Å². The third-order valence-electron chi connectivity index (χ3n) is 3.99. The Morgan fingerprint density at radius 1 is 1.00 bits per heavy atom. The molecule has 0 aliphatic heterocycles. The molecule has 2 rings (SSSR count). The molecule has 0 bridgehead atoms. The Kier molecular flexibility index (Phi) is 7.47. The van der Waals surface area contributed by atoms with E-state index in [-0.39, 0.29) is 6.29 Å². The number of hydrogen-bond acceptors (Lipinski definition) is 3. The zero-order valence-electron chi connectivity index (χ0n) is 14.6. The third-order valence-corrected chi connectivity index (χ3v) is 5.33. The van der Waals surface area contributed by atoms with Gasteiger partial charge in [-0.2, -0.15) is 0 Å². The summed E-state index contributed by atoms with van der Waals surface area (Å²) in [5.74, 6) is 1.81. The van der Waals surface area contributed by atoms with Gasteiger partial charge in [-0.3, -0.25) is 4.21 Å². The van der Waals surface area contributed by atoms with Gasteiger partial charge in [0.05, 0.1) is 23.2 Å². The summed E-state index contributed by atoms with van der Waals surface area (Å²) < 4.78 is 23.5. The fraction of sp³-hybridized carbons (Fsp3) is 0.400. The fourth-order valence-electron chi connectivity index (χ4n) is 2.32. The summed E-state index contributed by atoms with van der Waals surface area (Å²) >= 11 is 0. The molecule has 0 fully saturated rings. The normalized spacial score (nSPS) is 14.8. The summed E-state index contributed by atoms with van der Waals surface area (Å²) in [5, 5.41) is 0. The second kappa shape index (κ2) is 9.60. The van der Waals surface area contributed by atoms with Crippen molar-refractivity contribution in [3.05, 3.63) is 60.2 Å². The van der Waals surface area contributed by atoms with Crippen molar-refractivity contribution >= 4 is 10.8 Å². The van der Waals surface area contributed by atoms with E-state index < -0.39 is 10.8 Å². The molecule has 2 aromatic carbocycles. The van der Waals surface area contributed by atoms with Crippen LogP contribution < -0.4 is 4.74 Å². The molecule has 0 saturated carbocycles. The minimum Gasteiger partial charge on any atom is -0.465 e. The molecule has 0 heterocycles. The van der Waals surface area contributed by atoms with Crippen molar-refractivity contribution in [1.82, 2.24) is 0 Å². The molecule has 0 aliphatic carbocycles. The average Bonchev–Trinajstić information content (AvgIpc) is 2.62. The molecule has 0 radical (unpaired) electrons. The highest BCUT2D eigenvalue weighted by molar-refractivity contribution is 7.85. The molecular formula is C20H26O3S. The third kappa shape index (κ3) is 5.77. The molecular weight excluding hydrogens is 320 g/mol. The fourth-order valence-corrected chi connectivity index (χ4v) is 3.26. The lowest BCUT2D eigenvalue weighted by molar-refractivity contribution is -0.0603. The first-order valence-electron chi connectivity index (χ1n) is 8.41. The summed E-state index contributed by atoms with van der Waals surface area (Å²) in [6.07, 6.45) is 0.755. The van der Waals surface area contributed by atoms with Crippen LogP contribution >= 0.6 is 0 Å². The van der Waals surface area contributed by atoms with Crippen LogP contribution in [0.2, 0.25) is 0 Å². The zero-order chi connectivity index (χ0) is 17.4. The van der Waals surface area contributed by atoms with Crippen molar-refractivity contribution in [2.75, 3.05) is 12.4 Å². The maximum Gasteiger partial charge on any atom is 0.197 e. The maximum atomic E-state index is 12.1. The van der Waals surface area contributed by atoms with E-state index >= 15 is 0 Å². The van der Waals surface area contributed by atoms with Crippen LogP contribution in [0.4, 0.5) is 0 Å². The zero-order valence-corrected chi connectivity index (χ0v) is 15.4. The Morgan fingerprint density at radius 2 is 1.67 bits per heavy atom. The van der Waals surface area contributed by atoms with Gasteiger partial charge in [-0.25, -0.2) is 0 Å². The predicted octanol–water partition coefficient (Wildman–Crippen LogP) is 4.75. The van der Waals surface area contributed by atoms with Gasteiger partial charge in [0.2, 0.25) is 0 Å². The van der Waals surface area contributed by atoms with Crippen LogP contribution in [0, 0.1) is 0 Å². The summed E-state index contributed by atoms with van der Waals surface area (Å²) in [5.41, 5.74) is 1.32. The van der Waals surface area contributed by atoms with E-state index in [4.69, 9.17) is 9.47 Å². The number of rotatable bonds is 9. The van der Waals surface area contributed by atoms with E-state index in [9.17, 15) is 4.21 Å². The second-order valence-corrected chi connectivity index (χ2v) is 7.37. The molecule has 0 amide bonds. The molecule has 3 nitrogen and oxygen atoms in total. The molecule has 4 heteroatoms. The molecule has 3 unspecified atom stereocenters. The molecule has 0 saturated heterocycles. The standard InChI is InChI=1S/C20H26O3S/c1-4-16(2)18-10-12-19(13-11-18)23-17(3)22-14-15-24(21)20-8-6-5-7-9-20/h5-13,16-17H,4,14-15H2,1-3H3. The van der Waals surface area contributed by atoms with Gasteiger partial charge < -0.3 is 9.47 Å². The van der Waals surface area contributed by atoms with E-state index in [0.29, 0.717) is 18.3 Å². The van der Waals surface area contributed by atoms with Crippen LogP contribution in [-0.4, -0.2) is 22.9 Å². The summed E-state index contributed by atoms with van der Waals surface area (Å²) in [4.78, 5) is 0.829. The Labute approximate surface area is 147 Å². The molecule has 0 spiro atoms. The Bertz CT molecular complexity index is 625. The lowest BCUT2D eigenvalue weighted by Gasteiger charge is -2.16. The highest BCUT2D eigenvalue weighted by Gasteiger charge is 2.08. The van der Waals surface area contributed by atoms with Crippen LogP contribution in [0.25, 0.3) is 0 Å². The van der Waals surface area contributed by atoms with Crippen molar-refractivity contribution in [1.29, 1.82) is 0 Å². The summed E-state index contributed by atoms with van der Waals surface area (Å²) in [6, 6.07) is 17.6. The lowest BCUT2D eigenvalue weighted by Crippen LogP contribution is -2.19. The number of benzene rings is 2. The first kappa shape index (κ1) is 18.7. The van der Waals surface area contributed by atoms with E-state index in [2.05, 4.69) is 26.0 Å². The van der Waals surface area contributed by atoms with Gasteiger partial charge >= 0.3 is 0 Å². The first-order chi connectivity index (χ1) is 11.6. The van der Waals surface area contributed by atoms with Crippen molar-refractivity contribution in [2.45, 2.75) is 44.3 Å². The Morgan fingerprint density at radius 3 is 2.29 bits per heavy atom. The van der Waals surface area contributed by atoms with Crippen molar-refractivity contribution in [2.24, 2.45) is 0 Å². The van der Waals surface area contributed by atoms with Crippen molar-refractivity contribution < 1.29 is 13.7 Å². The van der Waals surface area contributed by atoms with Crippen LogP contribution in [0.5, 0.6) is 5.75 Å². The van der Waals surface area contributed by atoms with Gasteiger partial charge in [0.15, 0.2) is 6.29 Å². The van der Waals surface area contributed by atoms with E-state index in [1.807, 2.05) is 49.4 Å². The minimum atomic E-state index is -1.04. The Hall–Kier alpha value is -1.65. The largest absolute Gasteiger partial charge is 0.465 e. The molecule has 0 aromatic heterocycles. The molecule has 2 aromatic rings. The average molecular weight is 346 g/mol. The first-order valence-corrected chi connectivity index (χ1v) is 9.73. The number of hydrogen-bond donors (Lipinski definition) is 0. The molecule has 0 aliphatic rings. The lowest BCUT2D eigenvalue weighted by atomic mass is 9.99. The monoisotopic (exact) mass is 346 g/mol. The summed E-state index contributed by atoms with van der Waals surface area (Å²) in [6.45, 7) is 6.65. The molecule has 3 atom stereocenters. The van der Waals surface area contributed by atoms with Crippen LogP contribution in [0.1, 0.15) is 38.7 Å². The molecule has 0 N–H and O–H groups in total. The van der Waals surface area contributed by atoms with Gasteiger partial charge in [-0.15, -0.1) is 0 Å². The van der Waals surface area contributed by atoms with Crippen molar-refractivity contribution in [3.63, 3.8) is 0 Å². The number of ether oxygens (including phenoxy) is 2. The highest BCUT2D eigenvalue weighted by atomic mass is 32.2. The van der Waals surface area contributed by atoms with Gasteiger partial charge in [0.25, 0.3) is 0 Å². The van der Waals surface area contributed by atoms with Gasteiger partial charge in [-0.1, -0.05) is 44.2 Å². The molecule has 24 heavy (non-hydrogen) atoms. The van der Waals surface area contributed by atoms with Crippen LogP contribution in [0.3, 0.4) is 0 Å². The van der Waals surface area contributed by atoms with Crippen molar-refractivity contribution in [3.8, 4) is 5.75 Å². The van der Waals surface area contributed by atoms with Crippen LogP contribution in [0.15, 0.2) is 59.5 Å². The molecule has 130 valence electrons. The summed E-state index contributed by atoms with van der Waals surface area (Å²) in [7, 11) is -1.04. The predicted molar refractivity (Wildman–Crippen MR) is 98.9 cm³/mol. The van der Waals surface area contributed by atoms with E-state index in [0.717, 1.165) is 17.1 Å². The van der Waals surface area contributed by atoms with Gasteiger partial charge in [0, 0.05) is 4.90 Å². The topological polar surface area (TPSA) is 35.5 Å². The Balaban J connectivity index is 1.75. The van der Waals surface area contributed by atoms with E-state index in [1.54, 1.807) is 0 Å². The van der Waals surface area contributed by atoms with E-state index in [1.165, 1.54) is 5.56 Å². The van der Waals surface area contributed by atoms with Gasteiger partial charge in [-0.05, 0) is 49.1 Å². The highest BCUT2D eigenvalue weighted by Crippen LogP contribution is 2.22.